The monoisotopic (exact) mass is 519 g/mol. The van der Waals surface area contributed by atoms with Crippen LogP contribution in [-0.2, 0) is 4.74 Å². The molecule has 1 atom stereocenters. The number of rotatable bonds is 6. The summed E-state index contributed by atoms with van der Waals surface area (Å²) in [6.07, 6.45) is 2.58. The Labute approximate surface area is 221 Å². The number of H-pyrrole nitrogens is 1. The molecule has 200 valence electrons. The number of carboxylic acid groups (broad SMARTS) is 1. The Morgan fingerprint density at radius 2 is 1.87 bits per heavy atom. The third-order valence-corrected chi connectivity index (χ3v) is 6.25. The molecule has 1 fully saturated rings. The summed E-state index contributed by atoms with van der Waals surface area (Å²) in [7, 11) is 0. The molecule has 3 N–H and O–H groups in total. The molecule has 0 bridgehead atoms. The summed E-state index contributed by atoms with van der Waals surface area (Å²) in [5.41, 5.74) is 1.50. The van der Waals surface area contributed by atoms with Crippen LogP contribution in [0.25, 0.3) is 11.3 Å². The van der Waals surface area contributed by atoms with Crippen molar-refractivity contribution in [3.8, 4) is 11.3 Å². The largest absolute Gasteiger partial charge is 0.477 e. The topological polar surface area (TPSA) is 138 Å². The molecule has 3 aromatic rings. The van der Waals surface area contributed by atoms with Crippen LogP contribution in [0.2, 0.25) is 0 Å². The number of amides is 2. The molecule has 1 aromatic carbocycles. The summed E-state index contributed by atoms with van der Waals surface area (Å²) < 4.78 is 5.53. The van der Waals surface area contributed by atoms with Crippen molar-refractivity contribution in [2.24, 2.45) is 0 Å². The van der Waals surface area contributed by atoms with Gasteiger partial charge in [0, 0.05) is 23.9 Å². The molecular weight excluding hydrogens is 486 g/mol. The van der Waals surface area contributed by atoms with E-state index in [2.05, 4.69) is 34.1 Å². The van der Waals surface area contributed by atoms with E-state index < -0.39 is 23.7 Å². The summed E-state index contributed by atoms with van der Waals surface area (Å²) in [5.74, 6) is -0.348. The van der Waals surface area contributed by atoms with Gasteiger partial charge in [-0.05, 0) is 69.4 Å². The predicted molar refractivity (Wildman–Crippen MR) is 142 cm³/mol. The first-order valence-electron chi connectivity index (χ1n) is 12.6. The van der Waals surface area contributed by atoms with Gasteiger partial charge in [0.1, 0.15) is 22.9 Å². The third kappa shape index (κ3) is 6.01. The van der Waals surface area contributed by atoms with Gasteiger partial charge in [-0.2, -0.15) is 0 Å². The van der Waals surface area contributed by atoms with Gasteiger partial charge in [0.05, 0.1) is 6.04 Å². The molecule has 0 spiro atoms. The fourth-order valence-corrected chi connectivity index (χ4v) is 4.35. The van der Waals surface area contributed by atoms with E-state index in [4.69, 9.17) is 4.74 Å². The lowest BCUT2D eigenvalue weighted by atomic mass is 10.0. The number of anilines is 1. The van der Waals surface area contributed by atoms with Gasteiger partial charge in [0.2, 0.25) is 0 Å². The first kappa shape index (κ1) is 26.8. The van der Waals surface area contributed by atoms with Gasteiger partial charge in [-0.3, -0.25) is 9.69 Å². The summed E-state index contributed by atoms with van der Waals surface area (Å²) in [4.78, 5) is 50.8. The average Bonchev–Trinajstić information content (AvgIpc) is 3.51. The maximum atomic E-state index is 12.8. The van der Waals surface area contributed by atoms with E-state index in [-0.39, 0.29) is 17.3 Å². The molecule has 38 heavy (non-hydrogen) atoms. The highest BCUT2D eigenvalue weighted by atomic mass is 16.6. The average molecular weight is 520 g/mol. The Kier molecular flexibility index (Phi) is 7.52. The summed E-state index contributed by atoms with van der Waals surface area (Å²) in [6.45, 7) is 10.0. The zero-order valence-electron chi connectivity index (χ0n) is 22.2. The molecule has 2 amide bonds. The maximum absolute atomic E-state index is 12.8. The van der Waals surface area contributed by atoms with Gasteiger partial charge in [-0.15, -0.1) is 0 Å². The highest BCUT2D eigenvalue weighted by molar-refractivity contribution is 6.04. The number of carbonyl (C=O) groups is 3. The molecule has 0 radical (unpaired) electrons. The normalized spacial score (nSPS) is 15.5. The van der Waals surface area contributed by atoms with Crippen molar-refractivity contribution in [3.05, 3.63) is 65.2 Å². The Balaban J connectivity index is 1.55. The lowest BCUT2D eigenvalue weighted by Crippen LogP contribution is -2.36. The molecule has 3 heterocycles. The van der Waals surface area contributed by atoms with Crippen molar-refractivity contribution in [1.29, 1.82) is 0 Å². The van der Waals surface area contributed by atoms with Crippen LogP contribution in [0.4, 0.5) is 10.6 Å². The number of carbonyl (C=O) groups excluding carboxylic acids is 2. The highest BCUT2D eigenvalue weighted by Crippen LogP contribution is 2.34. The lowest BCUT2D eigenvalue weighted by molar-refractivity contribution is 0.0218. The van der Waals surface area contributed by atoms with Gasteiger partial charge in [-0.25, -0.2) is 19.6 Å². The van der Waals surface area contributed by atoms with Crippen LogP contribution >= 0.6 is 0 Å². The number of hydrogen-bond acceptors (Lipinski definition) is 6. The Morgan fingerprint density at radius 1 is 1.16 bits per heavy atom. The van der Waals surface area contributed by atoms with E-state index in [9.17, 15) is 19.5 Å². The van der Waals surface area contributed by atoms with Crippen molar-refractivity contribution in [2.45, 2.75) is 65.0 Å². The van der Waals surface area contributed by atoms with Crippen molar-refractivity contribution in [2.75, 3.05) is 11.9 Å². The quantitative estimate of drug-likeness (QED) is 0.384. The Hall–Kier alpha value is -4.21. The number of aromatic carboxylic acids is 1. The first-order valence-corrected chi connectivity index (χ1v) is 12.6. The zero-order chi connectivity index (χ0) is 27.6. The van der Waals surface area contributed by atoms with Gasteiger partial charge < -0.3 is 20.1 Å². The number of aromatic amines is 1. The molecule has 2 aromatic heterocycles. The smallest absolute Gasteiger partial charge is 0.410 e. The number of nitrogens with zero attached hydrogens (tertiary/aromatic N) is 3. The van der Waals surface area contributed by atoms with Crippen LogP contribution in [0.5, 0.6) is 0 Å². The number of nitrogens with one attached hydrogen (secondary N) is 2. The number of imidazole rings is 1. The van der Waals surface area contributed by atoms with Crippen LogP contribution in [0.15, 0.2) is 42.6 Å². The maximum Gasteiger partial charge on any atom is 0.410 e. The van der Waals surface area contributed by atoms with Crippen molar-refractivity contribution < 1.29 is 24.2 Å². The van der Waals surface area contributed by atoms with Crippen LogP contribution in [0.3, 0.4) is 0 Å². The van der Waals surface area contributed by atoms with E-state index in [0.717, 1.165) is 12.0 Å². The number of benzene rings is 1. The van der Waals surface area contributed by atoms with Gasteiger partial charge in [-0.1, -0.05) is 26.0 Å². The minimum absolute atomic E-state index is 0.0806. The van der Waals surface area contributed by atoms with Gasteiger partial charge in [0.15, 0.2) is 5.69 Å². The minimum Gasteiger partial charge on any atom is -0.477 e. The second kappa shape index (κ2) is 10.6. The molecule has 1 unspecified atom stereocenters. The fourth-order valence-electron chi connectivity index (χ4n) is 4.35. The van der Waals surface area contributed by atoms with Crippen LogP contribution in [0.1, 0.15) is 91.7 Å². The molecule has 10 nitrogen and oxygen atoms in total. The lowest BCUT2D eigenvalue weighted by Gasteiger charge is -2.27. The van der Waals surface area contributed by atoms with Gasteiger partial charge in [0.25, 0.3) is 5.91 Å². The van der Waals surface area contributed by atoms with E-state index in [1.807, 2.05) is 12.1 Å². The number of ether oxygens (including phenoxy) is 1. The highest BCUT2D eigenvalue weighted by Gasteiger charge is 2.36. The zero-order valence-corrected chi connectivity index (χ0v) is 22.2. The van der Waals surface area contributed by atoms with Crippen molar-refractivity contribution in [3.63, 3.8) is 0 Å². The summed E-state index contributed by atoms with van der Waals surface area (Å²) in [6, 6.07) is 9.85. The van der Waals surface area contributed by atoms with Crippen LogP contribution < -0.4 is 5.32 Å². The molecule has 4 rings (SSSR count). The van der Waals surface area contributed by atoms with Crippen molar-refractivity contribution >= 4 is 23.8 Å². The summed E-state index contributed by atoms with van der Waals surface area (Å²) in [5, 5.41) is 12.6. The molecule has 0 aliphatic carbocycles. The first-order chi connectivity index (χ1) is 17.9. The molecule has 1 saturated heterocycles. The number of likely N-dealkylation sites (tertiary alicyclic amines) is 1. The van der Waals surface area contributed by atoms with E-state index in [1.54, 1.807) is 56.1 Å². The predicted octanol–water partition coefficient (Wildman–Crippen LogP) is 5.62. The second-order valence-electron chi connectivity index (χ2n) is 10.6. The van der Waals surface area contributed by atoms with Crippen molar-refractivity contribution in [1.82, 2.24) is 19.9 Å². The fraction of sp³-hybridized carbons (Fsp3) is 0.393. The standard InChI is InChI=1S/C28H33N5O5/c1-16(2)19-12-13-29-21(15-19)30-25(34)18-10-8-17(9-11-18)22-23(26(35)36)32-24(31-22)20-7-6-14-33(20)27(37)38-28(3,4)5/h8-13,15-16,20H,6-7,14H2,1-5H3,(H,31,32)(H,35,36)(H,29,30,34). The Bertz CT molecular complexity index is 1340. The number of carboxylic acids is 1. The summed E-state index contributed by atoms with van der Waals surface area (Å²) >= 11 is 0. The van der Waals surface area contributed by atoms with E-state index in [1.165, 1.54) is 0 Å². The minimum atomic E-state index is -1.17. The third-order valence-electron chi connectivity index (χ3n) is 6.25. The molecule has 1 aliphatic heterocycles. The second-order valence-corrected chi connectivity index (χ2v) is 10.6. The van der Waals surface area contributed by atoms with Crippen LogP contribution in [-0.4, -0.2) is 55.1 Å². The molecule has 1 aliphatic rings. The number of pyridine rings is 1. The number of hydrogen-bond donors (Lipinski definition) is 3. The van der Waals surface area contributed by atoms with Gasteiger partial charge >= 0.3 is 12.1 Å². The van der Waals surface area contributed by atoms with E-state index in [0.29, 0.717) is 41.7 Å². The van der Waals surface area contributed by atoms with Crippen LogP contribution in [0, 0.1) is 0 Å². The molecule has 0 saturated carbocycles. The molecule has 10 heteroatoms. The number of aromatic nitrogens is 3. The Morgan fingerprint density at radius 3 is 2.50 bits per heavy atom. The van der Waals surface area contributed by atoms with E-state index >= 15 is 0 Å². The SMILES string of the molecule is CC(C)c1ccnc(NC(=O)c2ccc(-c3nc(C4CCCN4C(=O)OC(C)(C)C)[nH]c3C(=O)O)cc2)c1. The molecular formula is C28H33N5O5.